The molecule has 1 aromatic carbocycles. The van der Waals surface area contributed by atoms with Crippen LogP contribution in [0.25, 0.3) is 0 Å². The van der Waals surface area contributed by atoms with Gasteiger partial charge in [-0.15, -0.1) is 0 Å². The van der Waals surface area contributed by atoms with Crippen molar-refractivity contribution >= 4 is 12.6 Å². The number of rotatable bonds is 7. The molecule has 0 aromatic heterocycles. The lowest BCUT2D eigenvalue weighted by Crippen LogP contribution is -2.17. The van der Waals surface area contributed by atoms with Crippen LogP contribution in [0.15, 0.2) is 33.9 Å². The molecule has 1 aromatic rings. The minimum Gasteiger partial charge on any atom is -0.493 e. The third-order valence-corrected chi connectivity index (χ3v) is 3.47. The Balaban J connectivity index is 3.38. The van der Waals surface area contributed by atoms with Gasteiger partial charge in [-0.3, -0.25) is 9.98 Å². The monoisotopic (exact) mass is 303 g/mol. The van der Waals surface area contributed by atoms with Crippen molar-refractivity contribution in [2.75, 3.05) is 21.3 Å². The number of methoxy groups -OCH3 is 2. The molecule has 0 aliphatic rings. The summed E-state index contributed by atoms with van der Waals surface area (Å²) in [6.07, 6.45) is 2.25. The van der Waals surface area contributed by atoms with E-state index >= 15 is 0 Å². The van der Waals surface area contributed by atoms with Gasteiger partial charge in [0.2, 0.25) is 0 Å². The number of nitrogens with two attached hydrogens (primary N) is 1. The number of ether oxygens (including phenoxy) is 2. The summed E-state index contributed by atoms with van der Waals surface area (Å²) in [7, 11) is 4.92. The van der Waals surface area contributed by atoms with Gasteiger partial charge in [0.25, 0.3) is 0 Å². The molecule has 0 aliphatic carbocycles. The average Bonchev–Trinajstić information content (AvgIpc) is 2.52. The van der Waals surface area contributed by atoms with Crippen molar-refractivity contribution in [3.63, 3.8) is 0 Å². The predicted molar refractivity (Wildman–Crippen MR) is 92.5 cm³/mol. The Morgan fingerprint density at radius 3 is 2.32 bits per heavy atom. The summed E-state index contributed by atoms with van der Waals surface area (Å²) in [6, 6.07) is 3.99. The first-order chi connectivity index (χ1) is 10.5. The highest BCUT2D eigenvalue weighted by atomic mass is 16.5. The third kappa shape index (κ3) is 4.10. The fraction of sp³-hybridized carbons (Fsp3) is 0.412. The first kappa shape index (κ1) is 17.8. The Morgan fingerprint density at radius 1 is 1.27 bits per heavy atom. The molecule has 0 unspecified atom stereocenters. The van der Waals surface area contributed by atoms with Gasteiger partial charge >= 0.3 is 0 Å². The van der Waals surface area contributed by atoms with Crippen molar-refractivity contribution in [3.05, 3.63) is 35.0 Å². The molecule has 5 heteroatoms. The molecule has 2 N–H and O–H groups in total. The van der Waals surface area contributed by atoms with Crippen molar-refractivity contribution in [3.8, 4) is 11.5 Å². The summed E-state index contributed by atoms with van der Waals surface area (Å²) in [4.78, 5) is 7.86. The Kier molecular flexibility index (Phi) is 6.63. The van der Waals surface area contributed by atoms with Gasteiger partial charge in [-0.1, -0.05) is 13.8 Å². The Labute approximate surface area is 132 Å². The number of aliphatic imine (C=N–C) groups is 2. The van der Waals surface area contributed by atoms with Gasteiger partial charge in [-0.25, -0.2) is 0 Å². The molecular formula is C17H25N3O2. The summed E-state index contributed by atoms with van der Waals surface area (Å²) < 4.78 is 10.8. The second kappa shape index (κ2) is 8.22. The smallest absolute Gasteiger partial charge is 0.161 e. The van der Waals surface area contributed by atoms with Crippen LogP contribution in [-0.2, 0) is 6.42 Å². The fourth-order valence-corrected chi connectivity index (χ4v) is 2.29. The number of nitrogens with zero attached hydrogens (tertiary/aromatic N) is 2. The lowest BCUT2D eigenvalue weighted by atomic mass is 9.92. The van der Waals surface area contributed by atoms with Crippen molar-refractivity contribution in [2.45, 2.75) is 26.2 Å². The van der Waals surface area contributed by atoms with Gasteiger partial charge in [0.05, 0.1) is 14.2 Å². The molecule has 0 spiro atoms. The molecule has 0 saturated carbocycles. The Bertz CT molecular complexity index is 590. The van der Waals surface area contributed by atoms with Crippen LogP contribution in [0.1, 0.15) is 30.9 Å². The molecule has 22 heavy (non-hydrogen) atoms. The molecule has 0 fully saturated rings. The Morgan fingerprint density at radius 2 is 1.86 bits per heavy atom. The van der Waals surface area contributed by atoms with Crippen LogP contribution < -0.4 is 15.2 Å². The molecule has 5 nitrogen and oxygen atoms in total. The van der Waals surface area contributed by atoms with E-state index < -0.39 is 0 Å². The Hall–Kier alpha value is -2.30. The maximum Gasteiger partial charge on any atom is 0.161 e. The minimum atomic E-state index is 0.340. The fourth-order valence-electron chi connectivity index (χ4n) is 2.29. The zero-order valence-electron chi connectivity index (χ0n) is 14.0. The van der Waals surface area contributed by atoms with E-state index in [1.165, 1.54) is 5.56 Å². The number of amidine groups is 1. The summed E-state index contributed by atoms with van der Waals surface area (Å²) in [5, 5.41) is 0. The van der Waals surface area contributed by atoms with Gasteiger partial charge in [0.15, 0.2) is 11.5 Å². The number of benzene rings is 1. The van der Waals surface area contributed by atoms with Crippen LogP contribution in [0.5, 0.6) is 11.5 Å². The van der Waals surface area contributed by atoms with E-state index in [-0.39, 0.29) is 0 Å². The molecule has 1 rings (SSSR count). The highest BCUT2D eigenvalue weighted by Crippen LogP contribution is 2.34. The van der Waals surface area contributed by atoms with Gasteiger partial charge in [-0.2, -0.15) is 0 Å². The van der Waals surface area contributed by atoms with Crippen LogP contribution in [0, 0.1) is 0 Å². The lowest BCUT2D eigenvalue weighted by Gasteiger charge is -2.18. The molecular weight excluding hydrogens is 278 g/mol. The summed E-state index contributed by atoms with van der Waals surface area (Å²) in [5.74, 6) is 2.21. The van der Waals surface area contributed by atoms with Crippen LogP contribution in [0.3, 0.4) is 0 Å². The van der Waals surface area contributed by atoms with Gasteiger partial charge in [0, 0.05) is 25.2 Å². The van der Waals surface area contributed by atoms with E-state index in [9.17, 15) is 0 Å². The molecule has 0 amide bonds. The van der Waals surface area contributed by atoms with Crippen molar-refractivity contribution < 1.29 is 9.47 Å². The van der Waals surface area contributed by atoms with Gasteiger partial charge < -0.3 is 15.2 Å². The van der Waals surface area contributed by atoms with Crippen LogP contribution in [0.4, 0.5) is 0 Å². The van der Waals surface area contributed by atoms with E-state index in [4.69, 9.17) is 15.2 Å². The standard InChI is InChI=1S/C17H25N3O2/c1-11(2)14-9-16(22-6)15(21-5)8-12(14)7-13(10-19-3)17(18)20-4/h8-11H,3,7H2,1-2,4-6H3,(H2,18,20)/b13-10-. The van der Waals surface area contributed by atoms with Crippen LogP contribution in [0.2, 0.25) is 0 Å². The van der Waals surface area contributed by atoms with Gasteiger partial charge in [0.1, 0.15) is 5.84 Å². The van der Waals surface area contributed by atoms with E-state index in [1.807, 2.05) is 12.1 Å². The van der Waals surface area contributed by atoms with E-state index in [1.54, 1.807) is 27.5 Å². The third-order valence-electron chi connectivity index (χ3n) is 3.47. The SMILES string of the molecule is C=N/C=C(Cc1cc(OC)c(OC)cc1C(C)C)\C(N)=N/C. The number of hydrogen-bond acceptors (Lipinski definition) is 4. The molecule has 120 valence electrons. The van der Waals surface area contributed by atoms with Crippen molar-refractivity contribution in [1.29, 1.82) is 0 Å². The maximum absolute atomic E-state index is 5.94. The second-order valence-electron chi connectivity index (χ2n) is 5.18. The molecule has 0 heterocycles. The molecule has 0 atom stereocenters. The van der Waals surface area contributed by atoms with E-state index in [0.29, 0.717) is 23.9 Å². The summed E-state index contributed by atoms with van der Waals surface area (Å²) in [6.45, 7) is 7.77. The largest absolute Gasteiger partial charge is 0.493 e. The first-order valence-electron chi connectivity index (χ1n) is 7.10. The second-order valence-corrected chi connectivity index (χ2v) is 5.18. The lowest BCUT2D eigenvalue weighted by molar-refractivity contribution is 0.354. The van der Waals surface area contributed by atoms with Crippen molar-refractivity contribution in [1.82, 2.24) is 0 Å². The summed E-state index contributed by atoms with van der Waals surface area (Å²) in [5.41, 5.74) is 9.05. The van der Waals surface area contributed by atoms with Crippen LogP contribution in [-0.4, -0.2) is 33.8 Å². The molecule has 0 saturated heterocycles. The highest BCUT2D eigenvalue weighted by molar-refractivity contribution is 5.97. The number of hydrogen-bond donors (Lipinski definition) is 1. The van der Waals surface area contributed by atoms with Crippen molar-refractivity contribution in [2.24, 2.45) is 15.7 Å². The summed E-state index contributed by atoms with van der Waals surface area (Å²) >= 11 is 0. The highest BCUT2D eigenvalue weighted by Gasteiger charge is 2.15. The van der Waals surface area contributed by atoms with Crippen LogP contribution >= 0.6 is 0 Å². The zero-order valence-corrected chi connectivity index (χ0v) is 14.0. The molecule has 0 radical (unpaired) electrons. The minimum absolute atomic E-state index is 0.340. The average molecular weight is 303 g/mol. The normalized spacial score (nSPS) is 12.5. The van der Waals surface area contributed by atoms with Gasteiger partial charge in [-0.05, 0) is 35.9 Å². The zero-order chi connectivity index (χ0) is 16.7. The maximum atomic E-state index is 5.94. The quantitative estimate of drug-likeness (QED) is 0.622. The topological polar surface area (TPSA) is 69.2 Å². The molecule has 0 bridgehead atoms. The molecule has 0 aliphatic heterocycles. The first-order valence-corrected chi connectivity index (χ1v) is 7.10. The van der Waals surface area contributed by atoms with E-state index in [2.05, 4.69) is 30.5 Å². The predicted octanol–water partition coefficient (Wildman–Crippen LogP) is 2.94. The van der Waals surface area contributed by atoms with E-state index in [0.717, 1.165) is 16.9 Å².